The standard InChI is InChI=1S/C24H43NO3/c1-21-13-14-24(27-3,28-4)16-17(21)6-7-18-19(21)8-11-22(2)20(18)9-12-23(22,26)10-5-15-25/h17-20,26H,5-16,25H2,1-4H3/t17-,18+,19-,20-,21-,22-,23-/m0/s1. The Balaban J connectivity index is 1.56. The molecule has 4 saturated carbocycles. The van der Waals surface area contributed by atoms with Gasteiger partial charge in [-0.1, -0.05) is 13.8 Å². The average molecular weight is 394 g/mol. The van der Waals surface area contributed by atoms with Crippen LogP contribution in [0, 0.1) is 34.5 Å². The number of nitrogens with two attached hydrogens (primary N) is 1. The Morgan fingerprint density at radius 2 is 1.64 bits per heavy atom. The van der Waals surface area contributed by atoms with Gasteiger partial charge in [0.05, 0.1) is 5.60 Å². The van der Waals surface area contributed by atoms with Crippen molar-refractivity contribution >= 4 is 0 Å². The van der Waals surface area contributed by atoms with E-state index >= 15 is 0 Å². The Hall–Kier alpha value is -0.160. The molecule has 3 N–H and O–H groups in total. The zero-order valence-electron chi connectivity index (χ0n) is 18.6. The molecule has 0 saturated heterocycles. The maximum Gasteiger partial charge on any atom is 0.167 e. The summed E-state index contributed by atoms with van der Waals surface area (Å²) < 4.78 is 11.7. The second-order valence-electron chi connectivity index (χ2n) is 11.1. The van der Waals surface area contributed by atoms with Crippen LogP contribution in [-0.4, -0.2) is 37.3 Å². The van der Waals surface area contributed by atoms with Crippen LogP contribution in [0.15, 0.2) is 0 Å². The van der Waals surface area contributed by atoms with Crippen molar-refractivity contribution in [3.8, 4) is 0 Å². The number of hydrogen-bond donors (Lipinski definition) is 2. The van der Waals surface area contributed by atoms with E-state index in [1.807, 2.05) is 14.2 Å². The normalized spacial score (nSPS) is 49.9. The molecule has 4 fully saturated rings. The van der Waals surface area contributed by atoms with E-state index in [0.717, 1.165) is 43.9 Å². The monoisotopic (exact) mass is 393 g/mol. The maximum atomic E-state index is 11.6. The van der Waals surface area contributed by atoms with Crippen molar-refractivity contribution in [3.63, 3.8) is 0 Å². The molecule has 0 aromatic carbocycles. The molecule has 162 valence electrons. The van der Waals surface area contributed by atoms with Gasteiger partial charge in [0.2, 0.25) is 0 Å². The molecule has 7 atom stereocenters. The fourth-order valence-electron chi connectivity index (χ4n) is 8.57. The number of ether oxygens (including phenoxy) is 2. The van der Waals surface area contributed by atoms with Crippen molar-refractivity contribution in [2.75, 3.05) is 20.8 Å². The number of methoxy groups -OCH3 is 2. The number of aliphatic hydroxyl groups is 1. The lowest BCUT2D eigenvalue weighted by Gasteiger charge is -2.62. The van der Waals surface area contributed by atoms with Gasteiger partial charge in [-0.05, 0) is 98.8 Å². The average Bonchev–Trinajstić information content (AvgIpc) is 2.97. The number of hydrogen-bond acceptors (Lipinski definition) is 4. The third-order valence-corrected chi connectivity index (χ3v) is 10.5. The summed E-state index contributed by atoms with van der Waals surface area (Å²) in [6, 6.07) is 0. The molecule has 4 nitrogen and oxygen atoms in total. The summed E-state index contributed by atoms with van der Waals surface area (Å²) in [5.74, 6) is 2.60. The fourth-order valence-corrected chi connectivity index (χ4v) is 8.57. The summed E-state index contributed by atoms with van der Waals surface area (Å²) in [5, 5.41) is 11.6. The molecule has 0 spiro atoms. The third-order valence-electron chi connectivity index (χ3n) is 10.5. The van der Waals surface area contributed by atoms with Crippen LogP contribution in [0.25, 0.3) is 0 Å². The van der Waals surface area contributed by atoms with Crippen LogP contribution in [0.4, 0.5) is 0 Å². The van der Waals surface area contributed by atoms with Crippen LogP contribution in [0.3, 0.4) is 0 Å². The summed E-state index contributed by atoms with van der Waals surface area (Å²) in [4.78, 5) is 0. The summed E-state index contributed by atoms with van der Waals surface area (Å²) in [5.41, 5.74) is 5.79. The zero-order valence-corrected chi connectivity index (χ0v) is 18.6. The molecule has 28 heavy (non-hydrogen) atoms. The van der Waals surface area contributed by atoms with Crippen LogP contribution in [0.5, 0.6) is 0 Å². The van der Waals surface area contributed by atoms with Crippen molar-refractivity contribution in [1.82, 2.24) is 0 Å². The van der Waals surface area contributed by atoms with Crippen LogP contribution in [0.1, 0.15) is 84.5 Å². The maximum absolute atomic E-state index is 11.6. The Bertz CT molecular complexity index is 578. The van der Waals surface area contributed by atoms with E-state index in [4.69, 9.17) is 15.2 Å². The van der Waals surface area contributed by atoms with Crippen LogP contribution in [-0.2, 0) is 9.47 Å². The lowest BCUT2D eigenvalue weighted by Crippen LogP contribution is -2.58. The highest BCUT2D eigenvalue weighted by atomic mass is 16.7. The molecule has 0 unspecified atom stereocenters. The molecule has 4 heteroatoms. The lowest BCUT2D eigenvalue weighted by molar-refractivity contribution is -0.263. The fraction of sp³-hybridized carbons (Fsp3) is 1.00. The van der Waals surface area contributed by atoms with Crippen LogP contribution in [0.2, 0.25) is 0 Å². The van der Waals surface area contributed by atoms with Gasteiger partial charge in [0.1, 0.15) is 0 Å². The number of rotatable bonds is 5. The lowest BCUT2D eigenvalue weighted by atomic mass is 9.44. The predicted octanol–water partition coefficient (Wildman–Crippen LogP) is 4.49. The topological polar surface area (TPSA) is 64.7 Å². The Morgan fingerprint density at radius 1 is 0.929 bits per heavy atom. The molecule has 0 heterocycles. The first-order valence-corrected chi connectivity index (χ1v) is 11.8. The van der Waals surface area contributed by atoms with Gasteiger partial charge in [-0.25, -0.2) is 0 Å². The third kappa shape index (κ3) is 2.85. The first-order valence-electron chi connectivity index (χ1n) is 11.8. The number of fused-ring (bicyclic) bond motifs is 5. The van der Waals surface area contributed by atoms with E-state index in [1.165, 1.54) is 38.5 Å². The molecular weight excluding hydrogens is 350 g/mol. The minimum Gasteiger partial charge on any atom is -0.389 e. The Kier molecular flexibility index (Phi) is 5.43. The molecule has 0 aromatic rings. The summed E-state index contributed by atoms with van der Waals surface area (Å²) in [6.07, 6.45) is 12.4. The van der Waals surface area contributed by atoms with Crippen LogP contribution < -0.4 is 5.73 Å². The zero-order chi connectivity index (χ0) is 20.2. The highest BCUT2D eigenvalue weighted by molar-refractivity contribution is 5.14. The SMILES string of the molecule is COC1(OC)CC[C@@]2(C)[C@@H](CC[C@@H]3[C@@H]2CC[C@@]2(C)[C@H]3CC[C@@]2(O)CCCN)C1. The minimum atomic E-state index is -0.492. The molecule has 0 bridgehead atoms. The molecule has 4 aliphatic rings. The minimum absolute atomic E-state index is 0.0873. The second kappa shape index (κ2) is 7.21. The Labute approximate surface area is 171 Å². The molecule has 4 aliphatic carbocycles. The van der Waals surface area contributed by atoms with Gasteiger partial charge in [0, 0.05) is 27.1 Å². The second-order valence-corrected chi connectivity index (χ2v) is 11.1. The van der Waals surface area contributed by atoms with Gasteiger partial charge in [-0.3, -0.25) is 0 Å². The van der Waals surface area contributed by atoms with E-state index in [0.29, 0.717) is 23.8 Å². The molecule has 0 aliphatic heterocycles. The first kappa shape index (κ1) is 21.1. The van der Waals surface area contributed by atoms with Gasteiger partial charge < -0.3 is 20.3 Å². The van der Waals surface area contributed by atoms with Gasteiger partial charge in [0.15, 0.2) is 5.79 Å². The van der Waals surface area contributed by atoms with Crippen molar-refractivity contribution in [1.29, 1.82) is 0 Å². The molecular formula is C24H43NO3. The first-order chi connectivity index (χ1) is 13.3. The van der Waals surface area contributed by atoms with Crippen molar-refractivity contribution in [2.45, 2.75) is 95.9 Å². The van der Waals surface area contributed by atoms with Gasteiger partial charge in [-0.15, -0.1) is 0 Å². The molecule has 4 rings (SSSR count). The highest BCUT2D eigenvalue weighted by Crippen LogP contribution is 2.69. The quantitative estimate of drug-likeness (QED) is 0.676. The van der Waals surface area contributed by atoms with E-state index in [1.54, 1.807) is 0 Å². The molecule has 0 aromatic heterocycles. The van der Waals surface area contributed by atoms with Gasteiger partial charge in [-0.2, -0.15) is 0 Å². The van der Waals surface area contributed by atoms with Gasteiger partial charge >= 0.3 is 0 Å². The summed E-state index contributed by atoms with van der Waals surface area (Å²) >= 11 is 0. The van der Waals surface area contributed by atoms with E-state index in [2.05, 4.69) is 13.8 Å². The molecule has 0 radical (unpaired) electrons. The highest BCUT2D eigenvalue weighted by Gasteiger charge is 2.65. The van der Waals surface area contributed by atoms with Crippen molar-refractivity contribution in [2.24, 2.45) is 40.2 Å². The smallest absolute Gasteiger partial charge is 0.167 e. The summed E-state index contributed by atoms with van der Waals surface area (Å²) in [6.45, 7) is 5.67. The molecule has 0 amide bonds. The van der Waals surface area contributed by atoms with Crippen molar-refractivity contribution in [3.05, 3.63) is 0 Å². The van der Waals surface area contributed by atoms with E-state index in [-0.39, 0.29) is 11.2 Å². The van der Waals surface area contributed by atoms with Crippen LogP contribution >= 0.6 is 0 Å². The van der Waals surface area contributed by atoms with Crippen molar-refractivity contribution < 1.29 is 14.6 Å². The van der Waals surface area contributed by atoms with E-state index < -0.39 is 5.60 Å². The predicted molar refractivity (Wildman–Crippen MR) is 112 cm³/mol. The Morgan fingerprint density at radius 3 is 2.32 bits per heavy atom. The summed E-state index contributed by atoms with van der Waals surface area (Å²) in [7, 11) is 3.62. The largest absolute Gasteiger partial charge is 0.389 e. The van der Waals surface area contributed by atoms with E-state index in [9.17, 15) is 5.11 Å². The van der Waals surface area contributed by atoms with Gasteiger partial charge in [0.25, 0.3) is 0 Å².